The molecule has 0 fully saturated rings. The number of benzene rings is 1. The average molecular weight is 298 g/mol. The van der Waals surface area contributed by atoms with Gasteiger partial charge in [-0.3, -0.25) is 4.98 Å². The Morgan fingerprint density at radius 1 is 1.19 bits per heavy atom. The first-order chi connectivity index (χ1) is 10.4. The van der Waals surface area contributed by atoms with Crippen LogP contribution in [0, 0.1) is 0 Å². The first-order valence-electron chi connectivity index (χ1n) is 6.95. The summed E-state index contributed by atoms with van der Waals surface area (Å²) in [6, 6.07) is 6.85. The molecule has 0 aliphatic heterocycles. The molecule has 1 N–H and O–H groups in total. The molecule has 1 aliphatic rings. The standard InChI is InChI=1S/C15H14N4OS/c1-2-10-4-5-12(6-11(10)3-1)14-18-19-15(20-14)17-8-13-7-16-9-21-13/h4-7,9H,1-3,8H2,(H,17,19). The molecule has 106 valence electrons. The van der Waals surface area contributed by atoms with E-state index in [1.807, 2.05) is 6.20 Å². The molecule has 2 heterocycles. The molecule has 5 nitrogen and oxygen atoms in total. The van der Waals surface area contributed by atoms with Gasteiger partial charge in [-0.1, -0.05) is 11.2 Å². The van der Waals surface area contributed by atoms with E-state index in [-0.39, 0.29) is 0 Å². The van der Waals surface area contributed by atoms with E-state index in [9.17, 15) is 0 Å². The van der Waals surface area contributed by atoms with Crippen LogP contribution < -0.4 is 5.32 Å². The van der Waals surface area contributed by atoms with E-state index in [0.29, 0.717) is 18.5 Å². The van der Waals surface area contributed by atoms with Crippen molar-refractivity contribution >= 4 is 17.4 Å². The molecule has 0 unspecified atom stereocenters. The van der Waals surface area contributed by atoms with Gasteiger partial charge in [-0.2, -0.15) is 0 Å². The van der Waals surface area contributed by atoms with Crippen LogP contribution in [0.5, 0.6) is 0 Å². The summed E-state index contributed by atoms with van der Waals surface area (Å²) >= 11 is 1.60. The minimum Gasteiger partial charge on any atom is -0.403 e. The molecule has 0 saturated carbocycles. The Labute approximate surface area is 126 Å². The molecule has 0 radical (unpaired) electrons. The van der Waals surface area contributed by atoms with Crippen molar-refractivity contribution in [2.45, 2.75) is 25.8 Å². The van der Waals surface area contributed by atoms with Crippen LogP contribution in [0.15, 0.2) is 34.3 Å². The van der Waals surface area contributed by atoms with E-state index >= 15 is 0 Å². The fourth-order valence-corrected chi connectivity index (χ4v) is 3.14. The van der Waals surface area contributed by atoms with Crippen molar-refractivity contribution in [3.8, 4) is 11.5 Å². The highest BCUT2D eigenvalue weighted by Gasteiger charge is 2.14. The molecule has 1 aromatic carbocycles. The zero-order chi connectivity index (χ0) is 14.1. The highest BCUT2D eigenvalue weighted by Crippen LogP contribution is 2.28. The lowest BCUT2D eigenvalue weighted by molar-refractivity contribution is 0.581. The Bertz CT molecular complexity index is 751. The van der Waals surface area contributed by atoms with E-state index < -0.39 is 0 Å². The van der Waals surface area contributed by atoms with Crippen molar-refractivity contribution in [1.82, 2.24) is 15.2 Å². The lowest BCUT2D eigenvalue weighted by Gasteiger charge is -2.01. The Hall–Kier alpha value is -2.21. The van der Waals surface area contributed by atoms with Gasteiger partial charge in [0, 0.05) is 16.6 Å². The molecule has 0 bridgehead atoms. The topological polar surface area (TPSA) is 63.8 Å². The smallest absolute Gasteiger partial charge is 0.316 e. The maximum atomic E-state index is 5.68. The predicted molar refractivity (Wildman–Crippen MR) is 81.2 cm³/mol. The average Bonchev–Trinajstić information content (AvgIpc) is 3.25. The number of aryl methyl sites for hydroxylation is 2. The van der Waals surface area contributed by atoms with Crippen LogP contribution in [0.3, 0.4) is 0 Å². The molecule has 1 aliphatic carbocycles. The summed E-state index contributed by atoms with van der Waals surface area (Å²) in [7, 11) is 0. The summed E-state index contributed by atoms with van der Waals surface area (Å²) in [4.78, 5) is 5.16. The Morgan fingerprint density at radius 2 is 2.14 bits per heavy atom. The van der Waals surface area contributed by atoms with Gasteiger partial charge in [-0.25, -0.2) is 0 Å². The van der Waals surface area contributed by atoms with Gasteiger partial charge in [0.05, 0.1) is 12.1 Å². The minimum absolute atomic E-state index is 0.443. The first kappa shape index (κ1) is 12.5. The number of fused-ring (bicyclic) bond motifs is 1. The van der Waals surface area contributed by atoms with Crippen molar-refractivity contribution in [1.29, 1.82) is 0 Å². The van der Waals surface area contributed by atoms with Gasteiger partial charge < -0.3 is 9.73 Å². The second-order valence-electron chi connectivity index (χ2n) is 5.07. The van der Waals surface area contributed by atoms with Crippen LogP contribution >= 0.6 is 11.3 Å². The minimum atomic E-state index is 0.443. The second-order valence-corrected chi connectivity index (χ2v) is 6.04. The molecule has 21 heavy (non-hydrogen) atoms. The monoisotopic (exact) mass is 298 g/mol. The van der Waals surface area contributed by atoms with E-state index in [1.165, 1.54) is 24.0 Å². The lowest BCUT2D eigenvalue weighted by Crippen LogP contribution is -1.97. The fraction of sp³-hybridized carbons (Fsp3) is 0.267. The summed E-state index contributed by atoms with van der Waals surface area (Å²) in [5.41, 5.74) is 5.65. The van der Waals surface area contributed by atoms with Gasteiger partial charge in [0.2, 0.25) is 5.89 Å². The highest BCUT2D eigenvalue weighted by atomic mass is 32.1. The maximum absolute atomic E-state index is 5.68. The molecular formula is C15H14N4OS. The number of hydrogen-bond donors (Lipinski definition) is 1. The number of nitrogens with zero attached hydrogens (tertiary/aromatic N) is 3. The van der Waals surface area contributed by atoms with Crippen molar-refractivity contribution in [3.05, 3.63) is 45.9 Å². The number of anilines is 1. The van der Waals surface area contributed by atoms with Gasteiger partial charge in [-0.05, 0) is 42.5 Å². The van der Waals surface area contributed by atoms with Gasteiger partial charge in [0.25, 0.3) is 0 Å². The van der Waals surface area contributed by atoms with Crippen LogP contribution in [0.4, 0.5) is 6.01 Å². The molecule has 0 saturated heterocycles. The first-order valence-corrected chi connectivity index (χ1v) is 7.83. The summed E-state index contributed by atoms with van der Waals surface area (Å²) < 4.78 is 5.68. The third-order valence-corrected chi connectivity index (χ3v) is 4.45. The second kappa shape index (κ2) is 5.29. The summed E-state index contributed by atoms with van der Waals surface area (Å²) in [5, 5.41) is 11.3. The van der Waals surface area contributed by atoms with Crippen molar-refractivity contribution in [2.24, 2.45) is 0 Å². The molecular weight excluding hydrogens is 284 g/mol. The van der Waals surface area contributed by atoms with Gasteiger partial charge in [-0.15, -0.1) is 16.4 Å². The van der Waals surface area contributed by atoms with Gasteiger partial charge in [0.1, 0.15) is 0 Å². The number of hydrogen-bond acceptors (Lipinski definition) is 6. The van der Waals surface area contributed by atoms with Crippen LogP contribution in [-0.4, -0.2) is 15.2 Å². The molecule has 0 spiro atoms. The number of rotatable bonds is 4. The molecule has 4 rings (SSSR count). The zero-order valence-electron chi connectivity index (χ0n) is 11.4. The molecule has 3 aromatic rings. The number of nitrogens with one attached hydrogen (secondary N) is 1. The third kappa shape index (κ3) is 2.54. The van der Waals surface area contributed by atoms with Crippen molar-refractivity contribution in [3.63, 3.8) is 0 Å². The van der Waals surface area contributed by atoms with Crippen LogP contribution in [-0.2, 0) is 19.4 Å². The van der Waals surface area contributed by atoms with Crippen molar-refractivity contribution < 1.29 is 4.42 Å². The molecule has 0 atom stereocenters. The Kier molecular flexibility index (Phi) is 3.16. The normalized spacial score (nSPS) is 13.3. The van der Waals surface area contributed by atoms with Crippen molar-refractivity contribution in [2.75, 3.05) is 5.32 Å². The highest BCUT2D eigenvalue weighted by molar-refractivity contribution is 7.09. The quantitative estimate of drug-likeness (QED) is 0.800. The summed E-state index contributed by atoms with van der Waals surface area (Å²) in [5.74, 6) is 0.566. The SMILES string of the molecule is c1ncc(CNc2nnc(-c3ccc4c(c3)CCC4)o2)s1. The van der Waals surface area contributed by atoms with E-state index in [4.69, 9.17) is 4.42 Å². The third-order valence-electron chi connectivity index (χ3n) is 3.67. The Balaban J connectivity index is 1.51. The fourth-order valence-electron chi connectivity index (χ4n) is 2.61. The predicted octanol–water partition coefficient (Wildman–Crippen LogP) is 3.29. The summed E-state index contributed by atoms with van der Waals surface area (Å²) in [6.07, 6.45) is 5.40. The molecule has 2 aromatic heterocycles. The summed E-state index contributed by atoms with van der Waals surface area (Å²) in [6.45, 7) is 0.649. The molecule has 6 heteroatoms. The van der Waals surface area contributed by atoms with Gasteiger partial charge >= 0.3 is 6.01 Å². The zero-order valence-corrected chi connectivity index (χ0v) is 12.2. The van der Waals surface area contributed by atoms with Gasteiger partial charge in [0.15, 0.2) is 0 Å². The van der Waals surface area contributed by atoms with E-state index in [0.717, 1.165) is 16.9 Å². The maximum Gasteiger partial charge on any atom is 0.316 e. The van der Waals surface area contributed by atoms with E-state index in [1.54, 1.807) is 16.8 Å². The van der Waals surface area contributed by atoms with Crippen LogP contribution in [0.1, 0.15) is 22.4 Å². The van der Waals surface area contributed by atoms with Crippen LogP contribution in [0.2, 0.25) is 0 Å². The van der Waals surface area contributed by atoms with E-state index in [2.05, 4.69) is 38.7 Å². The Morgan fingerprint density at radius 3 is 3.05 bits per heavy atom. The largest absolute Gasteiger partial charge is 0.403 e. The number of thiazole rings is 1. The number of aromatic nitrogens is 3. The lowest BCUT2D eigenvalue weighted by atomic mass is 10.1. The van der Waals surface area contributed by atoms with Crippen LogP contribution in [0.25, 0.3) is 11.5 Å². The molecule has 0 amide bonds.